The molecule has 0 bridgehead atoms. The van der Waals surface area contributed by atoms with Gasteiger partial charge < -0.3 is 0 Å². The van der Waals surface area contributed by atoms with Gasteiger partial charge >= 0.3 is 0 Å². The Labute approximate surface area is 172 Å². The summed E-state index contributed by atoms with van der Waals surface area (Å²) in [6.45, 7) is 9.85. The standard InChI is InChI=1S/C28H38/c1-5-17-26(4)20-12-21-27(18-6-2,19-7-3)28(26)24-15-10-8-13-22(24)23-14-9-11-16-25(23)28/h8-11,13-16H,5-7,12,17-21H2,1-4H3. The zero-order chi connectivity index (χ0) is 19.8. The maximum atomic E-state index is 2.65. The Morgan fingerprint density at radius 2 is 1.18 bits per heavy atom. The minimum Gasteiger partial charge on any atom is -0.0654 e. The van der Waals surface area contributed by atoms with Crippen molar-refractivity contribution in [1.29, 1.82) is 0 Å². The summed E-state index contributed by atoms with van der Waals surface area (Å²) in [7, 11) is 0. The van der Waals surface area contributed by atoms with Crippen molar-refractivity contribution in [2.24, 2.45) is 10.8 Å². The Balaban J connectivity index is 2.13. The number of rotatable bonds is 6. The predicted molar refractivity (Wildman–Crippen MR) is 122 cm³/mol. The molecule has 1 spiro atoms. The fourth-order valence-electron chi connectivity index (χ4n) is 7.86. The molecule has 1 fully saturated rings. The van der Waals surface area contributed by atoms with E-state index < -0.39 is 0 Å². The summed E-state index contributed by atoms with van der Waals surface area (Å²) in [5, 5.41) is 0. The van der Waals surface area contributed by atoms with Crippen LogP contribution in [0.4, 0.5) is 0 Å². The van der Waals surface area contributed by atoms with Gasteiger partial charge in [-0.25, -0.2) is 0 Å². The second-order valence-corrected chi connectivity index (χ2v) is 9.79. The largest absolute Gasteiger partial charge is 0.0654 e. The van der Waals surface area contributed by atoms with Crippen molar-refractivity contribution in [2.75, 3.05) is 0 Å². The van der Waals surface area contributed by atoms with Crippen molar-refractivity contribution in [3.63, 3.8) is 0 Å². The normalized spacial score (nSPS) is 24.1. The van der Waals surface area contributed by atoms with E-state index in [1.165, 1.54) is 68.9 Å². The predicted octanol–water partition coefficient (Wildman–Crippen LogP) is 8.53. The molecule has 2 aromatic rings. The molecule has 0 heteroatoms. The summed E-state index contributed by atoms with van der Waals surface area (Å²) >= 11 is 0. The molecular weight excluding hydrogens is 336 g/mol. The van der Waals surface area contributed by atoms with Gasteiger partial charge in [0, 0.05) is 5.41 Å². The molecule has 0 nitrogen and oxygen atoms in total. The second kappa shape index (κ2) is 7.36. The number of hydrogen-bond acceptors (Lipinski definition) is 0. The molecule has 0 amide bonds. The van der Waals surface area contributed by atoms with Crippen molar-refractivity contribution in [2.45, 2.75) is 90.9 Å². The number of hydrogen-bond donors (Lipinski definition) is 0. The molecule has 0 aliphatic heterocycles. The Morgan fingerprint density at radius 3 is 1.68 bits per heavy atom. The third kappa shape index (κ3) is 2.42. The van der Waals surface area contributed by atoms with Gasteiger partial charge in [0.05, 0.1) is 0 Å². The van der Waals surface area contributed by atoms with Crippen molar-refractivity contribution in [3.05, 3.63) is 59.7 Å². The van der Waals surface area contributed by atoms with E-state index in [4.69, 9.17) is 0 Å². The Morgan fingerprint density at radius 1 is 0.679 bits per heavy atom. The molecular formula is C28H38. The van der Waals surface area contributed by atoms with Crippen LogP contribution >= 0.6 is 0 Å². The molecule has 2 aromatic carbocycles. The fourth-order valence-corrected chi connectivity index (χ4v) is 7.86. The van der Waals surface area contributed by atoms with Gasteiger partial charge in [0.1, 0.15) is 0 Å². The lowest BCUT2D eigenvalue weighted by Gasteiger charge is -2.63. The minimum absolute atomic E-state index is 0.160. The van der Waals surface area contributed by atoms with Crippen LogP contribution in [0, 0.1) is 10.8 Å². The number of benzene rings is 2. The lowest BCUT2D eigenvalue weighted by Crippen LogP contribution is -2.58. The average Bonchev–Trinajstić information content (AvgIpc) is 3.00. The third-order valence-electron chi connectivity index (χ3n) is 8.30. The van der Waals surface area contributed by atoms with E-state index >= 15 is 0 Å². The summed E-state index contributed by atoms with van der Waals surface area (Å²) in [4.78, 5) is 0. The van der Waals surface area contributed by atoms with Crippen LogP contribution < -0.4 is 0 Å². The van der Waals surface area contributed by atoms with Crippen LogP contribution in [0.2, 0.25) is 0 Å². The highest BCUT2D eigenvalue weighted by Gasteiger charge is 2.65. The van der Waals surface area contributed by atoms with Crippen LogP contribution in [0.25, 0.3) is 11.1 Å². The smallest absolute Gasteiger partial charge is 0.0324 e. The van der Waals surface area contributed by atoms with Crippen LogP contribution in [0.15, 0.2) is 48.5 Å². The Hall–Kier alpha value is -1.56. The summed E-state index contributed by atoms with van der Waals surface area (Å²) < 4.78 is 0. The molecule has 28 heavy (non-hydrogen) atoms. The van der Waals surface area contributed by atoms with Crippen molar-refractivity contribution >= 4 is 0 Å². The molecule has 0 heterocycles. The van der Waals surface area contributed by atoms with Crippen molar-refractivity contribution in [3.8, 4) is 11.1 Å². The number of fused-ring (bicyclic) bond motifs is 5. The van der Waals surface area contributed by atoms with Crippen LogP contribution in [0.3, 0.4) is 0 Å². The van der Waals surface area contributed by atoms with Gasteiger partial charge in [0.25, 0.3) is 0 Å². The highest BCUT2D eigenvalue weighted by atomic mass is 14.7. The van der Waals surface area contributed by atoms with Gasteiger partial charge in [-0.2, -0.15) is 0 Å². The Kier molecular flexibility index (Phi) is 5.19. The molecule has 0 aromatic heterocycles. The van der Waals surface area contributed by atoms with E-state index in [9.17, 15) is 0 Å². The molecule has 150 valence electrons. The van der Waals surface area contributed by atoms with E-state index in [0.29, 0.717) is 10.8 Å². The van der Waals surface area contributed by atoms with E-state index in [1.54, 1.807) is 11.1 Å². The molecule has 2 aliphatic rings. The lowest BCUT2D eigenvalue weighted by atomic mass is 9.40. The van der Waals surface area contributed by atoms with Crippen LogP contribution in [0.1, 0.15) is 96.6 Å². The monoisotopic (exact) mass is 374 g/mol. The molecule has 1 atom stereocenters. The molecule has 2 aliphatic carbocycles. The van der Waals surface area contributed by atoms with E-state index in [0.717, 1.165) is 0 Å². The van der Waals surface area contributed by atoms with E-state index in [1.807, 2.05) is 0 Å². The first-order valence-corrected chi connectivity index (χ1v) is 11.8. The minimum atomic E-state index is 0.160. The maximum Gasteiger partial charge on any atom is 0.0324 e. The van der Waals surface area contributed by atoms with Gasteiger partial charge in [-0.05, 0) is 65.2 Å². The first-order chi connectivity index (χ1) is 13.6. The van der Waals surface area contributed by atoms with Gasteiger partial charge in [0.2, 0.25) is 0 Å². The van der Waals surface area contributed by atoms with E-state index in [2.05, 4.69) is 76.2 Å². The van der Waals surface area contributed by atoms with Gasteiger partial charge in [-0.15, -0.1) is 0 Å². The molecule has 0 radical (unpaired) electrons. The molecule has 1 unspecified atom stereocenters. The summed E-state index contributed by atoms with van der Waals surface area (Å²) in [5.74, 6) is 0. The van der Waals surface area contributed by atoms with Crippen molar-refractivity contribution < 1.29 is 0 Å². The van der Waals surface area contributed by atoms with E-state index in [-0.39, 0.29) is 5.41 Å². The zero-order valence-corrected chi connectivity index (χ0v) is 18.5. The first-order valence-electron chi connectivity index (χ1n) is 11.8. The highest BCUT2D eigenvalue weighted by Crippen LogP contribution is 2.72. The van der Waals surface area contributed by atoms with Crippen LogP contribution in [-0.2, 0) is 5.41 Å². The summed E-state index contributed by atoms with van der Waals surface area (Å²) in [5.41, 5.74) is 7.18. The summed E-state index contributed by atoms with van der Waals surface area (Å²) in [6.07, 6.45) is 12.0. The quantitative estimate of drug-likeness (QED) is 0.475. The molecule has 0 saturated heterocycles. The van der Waals surface area contributed by atoms with Gasteiger partial charge in [-0.3, -0.25) is 0 Å². The topological polar surface area (TPSA) is 0 Å². The average molecular weight is 375 g/mol. The maximum absolute atomic E-state index is 2.65. The zero-order valence-electron chi connectivity index (χ0n) is 18.5. The Bertz CT molecular complexity index is 768. The van der Waals surface area contributed by atoms with Gasteiger partial charge in [-0.1, -0.05) is 102 Å². The van der Waals surface area contributed by atoms with Crippen molar-refractivity contribution in [1.82, 2.24) is 0 Å². The van der Waals surface area contributed by atoms with Crippen LogP contribution in [0.5, 0.6) is 0 Å². The molecule has 4 rings (SSSR count). The lowest BCUT2D eigenvalue weighted by molar-refractivity contribution is -0.0467. The third-order valence-corrected chi connectivity index (χ3v) is 8.30. The first kappa shape index (κ1) is 19.7. The summed E-state index contributed by atoms with van der Waals surface area (Å²) in [6, 6.07) is 18.9. The SMILES string of the molecule is CCCC1(C)CCCC(CCC)(CCC)C12c1ccccc1-c1ccccc12. The highest BCUT2D eigenvalue weighted by molar-refractivity contribution is 5.82. The van der Waals surface area contributed by atoms with Gasteiger partial charge in [0.15, 0.2) is 0 Å². The second-order valence-electron chi connectivity index (χ2n) is 9.79. The fraction of sp³-hybridized carbons (Fsp3) is 0.571. The van der Waals surface area contributed by atoms with Crippen LogP contribution in [-0.4, -0.2) is 0 Å². The molecule has 1 saturated carbocycles. The molecule has 0 N–H and O–H groups in total.